The van der Waals surface area contributed by atoms with Crippen LogP contribution < -0.4 is 21.5 Å². The summed E-state index contributed by atoms with van der Waals surface area (Å²) in [6.07, 6.45) is 1.37. The highest BCUT2D eigenvalue weighted by Gasteiger charge is 2.11. The molecule has 1 heterocycles. The number of hydrogen-bond acceptors (Lipinski definition) is 6. The van der Waals surface area contributed by atoms with Gasteiger partial charge in [-0.25, -0.2) is 9.78 Å². The molecule has 128 valence electrons. The van der Waals surface area contributed by atoms with E-state index < -0.39 is 12.6 Å². The van der Waals surface area contributed by atoms with Gasteiger partial charge in [0.25, 0.3) is 5.91 Å². The van der Waals surface area contributed by atoms with E-state index in [2.05, 4.69) is 15.3 Å². The number of aliphatic carboxylic acids is 1. The number of benzene rings is 1. The van der Waals surface area contributed by atoms with E-state index in [4.69, 9.17) is 21.3 Å². The zero-order chi connectivity index (χ0) is 16.8. The molecule has 0 aliphatic carbocycles. The first-order valence-corrected chi connectivity index (χ1v) is 7.07. The van der Waals surface area contributed by atoms with Crippen molar-refractivity contribution in [3.8, 4) is 5.75 Å². The smallest absolute Gasteiger partial charge is 0.341 e. The van der Waals surface area contributed by atoms with Gasteiger partial charge in [-0.05, 0) is 24.3 Å². The summed E-state index contributed by atoms with van der Waals surface area (Å²) in [6.45, 7) is -0.430. The van der Waals surface area contributed by atoms with Crippen LogP contribution in [-0.4, -0.2) is 34.5 Å². The molecule has 0 saturated heterocycles. The fourth-order valence-corrected chi connectivity index (χ4v) is 2.21. The standard InChI is InChI=1S/C13H13N5O4S.ClH/c14-12(15)18-13-16-5-9(23-13)11(21)17-7-1-3-8(4-2-7)22-6-10(19)20;/h1-5H,6H2,(H,17,21)(H,19,20)(H4,14,15,16,18);1H. The van der Waals surface area contributed by atoms with E-state index in [1.54, 1.807) is 24.3 Å². The molecule has 9 nitrogen and oxygen atoms in total. The van der Waals surface area contributed by atoms with Crippen LogP contribution in [0, 0.1) is 0 Å². The van der Waals surface area contributed by atoms with E-state index in [0.29, 0.717) is 16.3 Å². The summed E-state index contributed by atoms with van der Waals surface area (Å²) < 4.78 is 4.99. The highest BCUT2D eigenvalue weighted by molar-refractivity contribution is 7.17. The third kappa shape index (κ3) is 5.74. The number of carboxylic acid groups (broad SMARTS) is 1. The first-order valence-electron chi connectivity index (χ1n) is 6.25. The highest BCUT2D eigenvalue weighted by atomic mass is 35.5. The van der Waals surface area contributed by atoms with Crippen LogP contribution in [0.4, 0.5) is 10.8 Å². The fourth-order valence-electron chi connectivity index (χ4n) is 1.50. The number of aliphatic imine (C=N–C) groups is 1. The molecule has 2 aromatic rings. The molecule has 0 bridgehead atoms. The van der Waals surface area contributed by atoms with Crippen molar-refractivity contribution in [2.75, 3.05) is 11.9 Å². The monoisotopic (exact) mass is 371 g/mol. The molecule has 1 aromatic carbocycles. The maximum Gasteiger partial charge on any atom is 0.341 e. The number of ether oxygens (including phenoxy) is 1. The van der Waals surface area contributed by atoms with Gasteiger partial charge >= 0.3 is 5.97 Å². The van der Waals surface area contributed by atoms with E-state index >= 15 is 0 Å². The minimum atomic E-state index is -1.07. The molecule has 0 radical (unpaired) electrons. The lowest BCUT2D eigenvalue weighted by Crippen LogP contribution is -2.21. The number of carbonyl (C=O) groups excluding carboxylic acids is 1. The van der Waals surface area contributed by atoms with Gasteiger partial charge in [0.05, 0.1) is 6.20 Å². The van der Waals surface area contributed by atoms with Crippen LogP contribution in [0.15, 0.2) is 35.5 Å². The number of nitrogens with two attached hydrogens (primary N) is 2. The maximum absolute atomic E-state index is 12.1. The Kier molecular flexibility index (Phi) is 6.96. The van der Waals surface area contributed by atoms with Crippen LogP contribution in [0.1, 0.15) is 9.67 Å². The Labute approximate surface area is 146 Å². The molecule has 2 rings (SSSR count). The Morgan fingerprint density at radius 1 is 1.29 bits per heavy atom. The molecular formula is C13H14ClN5O4S. The normalized spacial score (nSPS) is 9.50. The Morgan fingerprint density at radius 3 is 2.54 bits per heavy atom. The van der Waals surface area contributed by atoms with Crippen molar-refractivity contribution in [3.05, 3.63) is 35.3 Å². The first-order chi connectivity index (χ1) is 10.9. The third-order valence-electron chi connectivity index (χ3n) is 2.42. The third-order valence-corrected chi connectivity index (χ3v) is 3.31. The van der Waals surface area contributed by atoms with Crippen molar-refractivity contribution in [2.24, 2.45) is 16.5 Å². The highest BCUT2D eigenvalue weighted by Crippen LogP contribution is 2.22. The molecule has 1 amide bonds. The lowest BCUT2D eigenvalue weighted by molar-refractivity contribution is -0.139. The quantitative estimate of drug-likeness (QED) is 0.439. The Bertz CT molecular complexity index is 743. The number of thiazole rings is 1. The summed E-state index contributed by atoms with van der Waals surface area (Å²) in [6, 6.07) is 6.28. The van der Waals surface area contributed by atoms with E-state index in [1.165, 1.54) is 6.20 Å². The van der Waals surface area contributed by atoms with Crippen molar-refractivity contribution in [2.45, 2.75) is 0 Å². The minimum Gasteiger partial charge on any atom is -0.482 e. The lowest BCUT2D eigenvalue weighted by Gasteiger charge is -2.06. The van der Waals surface area contributed by atoms with Crippen LogP contribution in [-0.2, 0) is 4.79 Å². The van der Waals surface area contributed by atoms with Crippen LogP contribution >= 0.6 is 23.7 Å². The number of halogens is 1. The van der Waals surface area contributed by atoms with Crippen LogP contribution in [0.5, 0.6) is 5.75 Å². The first kappa shape index (κ1) is 19.2. The van der Waals surface area contributed by atoms with E-state index in [1.807, 2.05) is 0 Å². The minimum absolute atomic E-state index is 0. The molecule has 0 saturated carbocycles. The summed E-state index contributed by atoms with van der Waals surface area (Å²) >= 11 is 1.04. The van der Waals surface area contributed by atoms with Crippen molar-refractivity contribution in [3.63, 3.8) is 0 Å². The number of aromatic nitrogens is 1. The van der Waals surface area contributed by atoms with Crippen molar-refractivity contribution < 1.29 is 19.4 Å². The fraction of sp³-hybridized carbons (Fsp3) is 0.0769. The number of nitrogens with one attached hydrogen (secondary N) is 1. The average molecular weight is 372 g/mol. The molecule has 0 unspecified atom stereocenters. The average Bonchev–Trinajstić information content (AvgIpc) is 2.94. The number of anilines is 1. The summed E-state index contributed by atoms with van der Waals surface area (Å²) in [5.41, 5.74) is 11.0. The molecule has 1 aromatic heterocycles. The molecule has 0 atom stereocenters. The number of carbonyl (C=O) groups is 2. The Balaban J connectivity index is 0.00000288. The topological polar surface area (TPSA) is 153 Å². The molecule has 11 heteroatoms. The number of carboxylic acids is 1. The number of nitrogens with zero attached hydrogens (tertiary/aromatic N) is 2. The van der Waals surface area contributed by atoms with Gasteiger partial charge in [-0.1, -0.05) is 11.3 Å². The molecule has 0 spiro atoms. The molecule has 0 aliphatic rings. The SMILES string of the molecule is Cl.NC(N)=Nc1ncc(C(=O)Nc2ccc(OCC(=O)O)cc2)s1. The number of guanidine groups is 1. The second-order valence-corrected chi connectivity index (χ2v) is 5.21. The van der Waals surface area contributed by atoms with Gasteiger partial charge in [-0.2, -0.15) is 4.99 Å². The molecule has 24 heavy (non-hydrogen) atoms. The van der Waals surface area contributed by atoms with Crippen molar-refractivity contribution in [1.29, 1.82) is 0 Å². The largest absolute Gasteiger partial charge is 0.482 e. The number of hydrogen-bond donors (Lipinski definition) is 4. The van der Waals surface area contributed by atoms with Crippen molar-refractivity contribution >= 4 is 52.4 Å². The second-order valence-electron chi connectivity index (χ2n) is 4.20. The second kappa shape index (κ2) is 8.70. The Morgan fingerprint density at radius 2 is 1.96 bits per heavy atom. The van der Waals surface area contributed by atoms with Gasteiger partial charge in [-0.3, -0.25) is 4.79 Å². The van der Waals surface area contributed by atoms with Crippen LogP contribution in [0.2, 0.25) is 0 Å². The van der Waals surface area contributed by atoms with Gasteiger partial charge < -0.3 is 26.6 Å². The predicted molar refractivity (Wildman–Crippen MR) is 92.4 cm³/mol. The molecular weight excluding hydrogens is 358 g/mol. The van der Waals surface area contributed by atoms with E-state index in [-0.39, 0.29) is 29.4 Å². The molecule has 0 fully saturated rings. The zero-order valence-electron chi connectivity index (χ0n) is 12.1. The van der Waals surface area contributed by atoms with E-state index in [9.17, 15) is 9.59 Å². The summed E-state index contributed by atoms with van der Waals surface area (Å²) in [5, 5.41) is 11.5. The molecule has 6 N–H and O–H groups in total. The maximum atomic E-state index is 12.1. The van der Waals surface area contributed by atoms with Crippen LogP contribution in [0.25, 0.3) is 0 Å². The van der Waals surface area contributed by atoms with Gasteiger partial charge in [0.2, 0.25) is 5.13 Å². The number of rotatable bonds is 6. The summed E-state index contributed by atoms with van der Waals surface area (Å²) in [7, 11) is 0. The van der Waals surface area contributed by atoms with Gasteiger partial charge in [0.15, 0.2) is 12.6 Å². The van der Waals surface area contributed by atoms with Gasteiger partial charge in [0.1, 0.15) is 10.6 Å². The Hall–Kier alpha value is -2.85. The summed E-state index contributed by atoms with van der Waals surface area (Å²) in [5.74, 6) is -1.18. The summed E-state index contributed by atoms with van der Waals surface area (Å²) in [4.78, 5) is 30.5. The number of amides is 1. The van der Waals surface area contributed by atoms with Crippen molar-refractivity contribution in [1.82, 2.24) is 4.98 Å². The zero-order valence-corrected chi connectivity index (χ0v) is 13.8. The van der Waals surface area contributed by atoms with Gasteiger partial charge in [0, 0.05) is 5.69 Å². The van der Waals surface area contributed by atoms with E-state index in [0.717, 1.165) is 11.3 Å². The molecule has 0 aliphatic heterocycles. The van der Waals surface area contributed by atoms with Crippen LogP contribution in [0.3, 0.4) is 0 Å². The van der Waals surface area contributed by atoms with Gasteiger partial charge in [-0.15, -0.1) is 12.4 Å². The lowest BCUT2D eigenvalue weighted by atomic mass is 10.3. The predicted octanol–water partition coefficient (Wildman–Crippen LogP) is 1.19.